The quantitative estimate of drug-likeness (QED) is 0.587. The number of aliphatic hydroxyl groups is 2. The van der Waals surface area contributed by atoms with Gasteiger partial charge in [-0.15, -0.1) is 0 Å². The lowest BCUT2D eigenvalue weighted by atomic mass is 10.2. The zero-order chi connectivity index (χ0) is 12.6. The summed E-state index contributed by atoms with van der Waals surface area (Å²) in [5.74, 6) is 0. The Balaban J connectivity index is 2.26. The number of ether oxygens (including phenoxy) is 1. The summed E-state index contributed by atoms with van der Waals surface area (Å²) >= 11 is 0. The van der Waals surface area contributed by atoms with E-state index < -0.39 is 36.0 Å². The van der Waals surface area contributed by atoms with E-state index in [1.165, 1.54) is 6.20 Å². The first-order valence-electron chi connectivity index (χ1n) is 4.96. The predicted octanol–water partition coefficient (Wildman–Crippen LogP) is -1.53. The lowest BCUT2D eigenvalue weighted by Gasteiger charge is -2.15. The highest BCUT2D eigenvalue weighted by molar-refractivity contribution is 4.88. The summed E-state index contributed by atoms with van der Waals surface area (Å²) < 4.78 is 18.7. The largest absolute Gasteiger partial charge is 0.390 e. The summed E-state index contributed by atoms with van der Waals surface area (Å²) in [5, 5.41) is 18.1. The van der Waals surface area contributed by atoms with E-state index >= 15 is 0 Å². The number of nitrogens with zero attached hydrogens (tertiary/aromatic N) is 1. The minimum Gasteiger partial charge on any atom is -0.390 e. The molecule has 1 aliphatic rings. The number of aromatic amines is 1. The van der Waals surface area contributed by atoms with Crippen molar-refractivity contribution in [2.45, 2.75) is 31.2 Å². The SMILES string of the molecule is O=c1ccn([C@H]2C[C@H](O)[C@@H](C(O)F)O2)c(=O)[nH]1. The molecule has 1 unspecified atom stereocenters. The molecule has 0 amide bonds. The van der Waals surface area contributed by atoms with Crippen LogP contribution in [0.15, 0.2) is 21.9 Å². The molecule has 3 N–H and O–H groups in total. The van der Waals surface area contributed by atoms with Gasteiger partial charge < -0.3 is 14.9 Å². The molecule has 1 aromatic heterocycles. The molecule has 0 spiro atoms. The monoisotopic (exact) mass is 246 g/mol. The minimum absolute atomic E-state index is 0.0441. The first-order valence-corrected chi connectivity index (χ1v) is 4.96. The van der Waals surface area contributed by atoms with Gasteiger partial charge in [0.05, 0.1) is 6.10 Å². The third-order valence-electron chi connectivity index (χ3n) is 2.57. The average molecular weight is 246 g/mol. The van der Waals surface area contributed by atoms with Crippen LogP contribution in [-0.4, -0.2) is 38.3 Å². The van der Waals surface area contributed by atoms with Crippen LogP contribution in [0.4, 0.5) is 4.39 Å². The maximum atomic E-state index is 12.6. The second-order valence-electron chi connectivity index (χ2n) is 3.75. The van der Waals surface area contributed by atoms with Gasteiger partial charge in [0, 0.05) is 18.7 Å². The summed E-state index contributed by atoms with van der Waals surface area (Å²) in [4.78, 5) is 24.2. The van der Waals surface area contributed by atoms with Crippen LogP contribution in [-0.2, 0) is 4.74 Å². The summed E-state index contributed by atoms with van der Waals surface area (Å²) in [7, 11) is 0. The summed E-state index contributed by atoms with van der Waals surface area (Å²) in [6.07, 6.45) is -4.70. The number of hydrogen-bond donors (Lipinski definition) is 3. The van der Waals surface area contributed by atoms with E-state index in [1.807, 2.05) is 4.98 Å². The average Bonchev–Trinajstić information content (AvgIpc) is 2.60. The molecule has 17 heavy (non-hydrogen) atoms. The van der Waals surface area contributed by atoms with E-state index in [2.05, 4.69) is 0 Å². The Bertz CT molecular complexity index is 511. The van der Waals surface area contributed by atoms with Gasteiger partial charge in [0.15, 0.2) is 0 Å². The van der Waals surface area contributed by atoms with Gasteiger partial charge in [-0.1, -0.05) is 0 Å². The maximum absolute atomic E-state index is 12.6. The van der Waals surface area contributed by atoms with Gasteiger partial charge in [0.1, 0.15) is 12.3 Å². The molecule has 1 aromatic rings. The van der Waals surface area contributed by atoms with Crippen molar-refractivity contribution in [3.8, 4) is 0 Å². The first kappa shape index (κ1) is 12.0. The fourth-order valence-corrected chi connectivity index (χ4v) is 1.75. The van der Waals surface area contributed by atoms with Crippen molar-refractivity contribution in [3.63, 3.8) is 0 Å². The van der Waals surface area contributed by atoms with Crippen molar-refractivity contribution >= 4 is 0 Å². The van der Waals surface area contributed by atoms with Gasteiger partial charge in [-0.2, -0.15) is 0 Å². The zero-order valence-corrected chi connectivity index (χ0v) is 8.62. The fraction of sp³-hybridized carbons (Fsp3) is 0.556. The second kappa shape index (κ2) is 4.40. The van der Waals surface area contributed by atoms with Crippen molar-refractivity contribution in [3.05, 3.63) is 33.1 Å². The molecule has 2 rings (SSSR count). The van der Waals surface area contributed by atoms with E-state index in [1.54, 1.807) is 0 Å². The molecule has 2 heterocycles. The molecular formula is C9H11FN2O5. The van der Waals surface area contributed by atoms with Crippen molar-refractivity contribution < 1.29 is 19.3 Å². The van der Waals surface area contributed by atoms with Crippen molar-refractivity contribution in [2.24, 2.45) is 0 Å². The fourth-order valence-electron chi connectivity index (χ4n) is 1.75. The van der Waals surface area contributed by atoms with Crippen LogP contribution in [0.25, 0.3) is 0 Å². The molecule has 1 aliphatic heterocycles. The number of halogens is 1. The molecule has 0 saturated carbocycles. The standard InChI is InChI=1S/C9H11FN2O5/c10-8(15)7-4(13)3-6(17-7)12-2-1-5(14)11-9(12)16/h1-2,4,6-8,13,15H,3H2,(H,11,14,16)/t4-,6+,7-,8?/m0/s1. The van der Waals surface area contributed by atoms with Gasteiger partial charge >= 0.3 is 5.69 Å². The molecule has 0 bridgehead atoms. The topological polar surface area (TPSA) is 105 Å². The lowest BCUT2D eigenvalue weighted by Crippen LogP contribution is -2.33. The van der Waals surface area contributed by atoms with Crippen molar-refractivity contribution in [1.29, 1.82) is 0 Å². The maximum Gasteiger partial charge on any atom is 0.330 e. The van der Waals surface area contributed by atoms with E-state index in [0.717, 1.165) is 10.6 Å². The number of aliphatic hydroxyl groups excluding tert-OH is 2. The molecule has 7 nitrogen and oxygen atoms in total. The normalized spacial score (nSPS) is 30.4. The van der Waals surface area contributed by atoms with Crippen LogP contribution in [0.5, 0.6) is 0 Å². The molecule has 0 aromatic carbocycles. The minimum atomic E-state index is -2.33. The Hall–Kier alpha value is -1.51. The Labute approximate surface area is 94.1 Å². The van der Waals surface area contributed by atoms with Gasteiger partial charge in [-0.25, -0.2) is 9.18 Å². The van der Waals surface area contributed by atoms with Crippen LogP contribution >= 0.6 is 0 Å². The Morgan fingerprint density at radius 2 is 2.29 bits per heavy atom. The molecule has 1 fully saturated rings. The van der Waals surface area contributed by atoms with Crippen molar-refractivity contribution in [1.82, 2.24) is 9.55 Å². The molecule has 8 heteroatoms. The summed E-state index contributed by atoms with van der Waals surface area (Å²) in [5.41, 5.74) is -1.28. The highest BCUT2D eigenvalue weighted by Gasteiger charge is 2.39. The Morgan fingerprint density at radius 1 is 1.59 bits per heavy atom. The van der Waals surface area contributed by atoms with Crippen LogP contribution in [0, 0.1) is 0 Å². The van der Waals surface area contributed by atoms with Crippen LogP contribution in [0.1, 0.15) is 12.6 Å². The molecular weight excluding hydrogens is 235 g/mol. The van der Waals surface area contributed by atoms with E-state index in [-0.39, 0.29) is 6.42 Å². The molecule has 0 aliphatic carbocycles. The molecule has 1 saturated heterocycles. The number of aromatic nitrogens is 2. The van der Waals surface area contributed by atoms with E-state index in [9.17, 15) is 19.1 Å². The Morgan fingerprint density at radius 3 is 2.82 bits per heavy atom. The highest BCUT2D eigenvalue weighted by atomic mass is 19.1. The number of H-pyrrole nitrogens is 1. The number of hydrogen-bond acceptors (Lipinski definition) is 5. The first-order chi connectivity index (χ1) is 7.99. The third-order valence-corrected chi connectivity index (χ3v) is 2.57. The Kier molecular flexibility index (Phi) is 3.09. The van der Waals surface area contributed by atoms with Crippen LogP contribution in [0.2, 0.25) is 0 Å². The summed E-state index contributed by atoms with van der Waals surface area (Å²) in [6, 6.07) is 1.11. The molecule has 0 radical (unpaired) electrons. The van der Waals surface area contributed by atoms with Gasteiger partial charge in [-0.3, -0.25) is 14.3 Å². The van der Waals surface area contributed by atoms with Gasteiger partial charge in [0.25, 0.3) is 5.56 Å². The molecule has 94 valence electrons. The smallest absolute Gasteiger partial charge is 0.330 e. The number of nitrogens with one attached hydrogen (secondary N) is 1. The highest BCUT2D eigenvalue weighted by Crippen LogP contribution is 2.29. The summed E-state index contributed by atoms with van der Waals surface area (Å²) in [6.45, 7) is 0. The number of rotatable bonds is 2. The van der Waals surface area contributed by atoms with Gasteiger partial charge in [0.2, 0.25) is 6.36 Å². The zero-order valence-electron chi connectivity index (χ0n) is 8.62. The van der Waals surface area contributed by atoms with Gasteiger partial charge in [-0.05, 0) is 0 Å². The lowest BCUT2D eigenvalue weighted by molar-refractivity contribution is -0.130. The molecule has 4 atom stereocenters. The number of alkyl halides is 1. The van der Waals surface area contributed by atoms with E-state index in [0.29, 0.717) is 0 Å². The third kappa shape index (κ3) is 2.28. The second-order valence-corrected chi connectivity index (χ2v) is 3.75. The van der Waals surface area contributed by atoms with Crippen LogP contribution in [0.3, 0.4) is 0 Å². The predicted molar refractivity (Wildman–Crippen MR) is 53.0 cm³/mol. The van der Waals surface area contributed by atoms with Crippen LogP contribution < -0.4 is 11.2 Å². The van der Waals surface area contributed by atoms with E-state index in [4.69, 9.17) is 9.84 Å². The van der Waals surface area contributed by atoms with Crippen molar-refractivity contribution in [2.75, 3.05) is 0 Å².